The minimum absolute atomic E-state index is 0.138. The highest BCUT2D eigenvalue weighted by Crippen LogP contribution is 2.17. The predicted octanol–water partition coefficient (Wildman–Crippen LogP) is 5.07. The summed E-state index contributed by atoms with van der Waals surface area (Å²) < 4.78 is 26.4. The average Bonchev–Trinajstić information content (AvgIpc) is 2.69. The maximum Gasteiger partial charge on any atom is 0.255 e. The topological polar surface area (TPSA) is 41.1 Å². The van der Waals surface area contributed by atoms with Crippen LogP contribution < -0.4 is 10.6 Å². The summed E-state index contributed by atoms with van der Waals surface area (Å²) in [6.45, 7) is 2.43. The van der Waals surface area contributed by atoms with E-state index < -0.39 is 11.6 Å². The first-order chi connectivity index (χ1) is 13.0. The summed E-state index contributed by atoms with van der Waals surface area (Å²) >= 11 is 0. The second-order valence-electron chi connectivity index (χ2n) is 6.29. The van der Waals surface area contributed by atoms with Crippen LogP contribution in [0.25, 0.3) is 0 Å². The molecule has 0 aliphatic carbocycles. The first-order valence-corrected chi connectivity index (χ1v) is 8.66. The van der Waals surface area contributed by atoms with Crippen molar-refractivity contribution < 1.29 is 13.6 Å². The number of nitrogens with one attached hydrogen (secondary N) is 2. The molecule has 0 fully saturated rings. The van der Waals surface area contributed by atoms with Crippen LogP contribution in [0.15, 0.2) is 72.8 Å². The van der Waals surface area contributed by atoms with Crippen LogP contribution in [0, 0.1) is 11.6 Å². The second kappa shape index (κ2) is 8.56. The van der Waals surface area contributed by atoms with Gasteiger partial charge in [-0.3, -0.25) is 4.79 Å². The molecule has 0 unspecified atom stereocenters. The Kier molecular flexibility index (Phi) is 5.94. The fourth-order valence-corrected chi connectivity index (χ4v) is 2.67. The number of carbonyl (C=O) groups excluding carboxylic acids is 1. The zero-order chi connectivity index (χ0) is 19.2. The van der Waals surface area contributed by atoms with Gasteiger partial charge in [-0.25, -0.2) is 8.78 Å². The summed E-state index contributed by atoms with van der Waals surface area (Å²) in [5, 5.41) is 6.10. The minimum Gasteiger partial charge on any atom is -0.322 e. The Bertz CT molecular complexity index is 911. The fourth-order valence-electron chi connectivity index (χ4n) is 2.67. The molecule has 0 saturated heterocycles. The van der Waals surface area contributed by atoms with E-state index in [2.05, 4.69) is 10.6 Å². The van der Waals surface area contributed by atoms with Gasteiger partial charge in [0.2, 0.25) is 0 Å². The van der Waals surface area contributed by atoms with Gasteiger partial charge < -0.3 is 10.6 Å². The van der Waals surface area contributed by atoms with Crippen LogP contribution >= 0.6 is 0 Å². The van der Waals surface area contributed by atoms with Gasteiger partial charge >= 0.3 is 0 Å². The number of anilines is 1. The highest BCUT2D eigenvalue weighted by molar-refractivity contribution is 6.04. The quantitative estimate of drug-likeness (QED) is 0.640. The van der Waals surface area contributed by atoms with E-state index in [1.54, 1.807) is 18.2 Å². The van der Waals surface area contributed by atoms with Crippen molar-refractivity contribution >= 4 is 11.6 Å². The molecule has 1 amide bonds. The number of benzene rings is 3. The molecule has 0 aromatic heterocycles. The van der Waals surface area contributed by atoms with E-state index in [9.17, 15) is 13.6 Å². The van der Waals surface area contributed by atoms with Crippen molar-refractivity contribution in [3.63, 3.8) is 0 Å². The zero-order valence-electron chi connectivity index (χ0n) is 14.9. The summed E-state index contributed by atoms with van der Waals surface area (Å²) in [5.74, 6) is -1.87. The Morgan fingerprint density at radius 3 is 2.30 bits per heavy atom. The van der Waals surface area contributed by atoms with Crippen molar-refractivity contribution in [3.05, 3.63) is 101 Å². The summed E-state index contributed by atoms with van der Waals surface area (Å²) in [4.78, 5) is 12.2. The summed E-state index contributed by atoms with van der Waals surface area (Å²) in [6, 6.07) is 20.3. The molecule has 0 aliphatic heterocycles. The van der Waals surface area contributed by atoms with Gasteiger partial charge in [0.1, 0.15) is 0 Å². The van der Waals surface area contributed by atoms with Gasteiger partial charge in [-0.05, 0) is 54.4 Å². The smallest absolute Gasteiger partial charge is 0.255 e. The molecule has 27 heavy (non-hydrogen) atoms. The van der Waals surface area contributed by atoms with E-state index in [0.29, 0.717) is 17.7 Å². The third-order valence-corrected chi connectivity index (χ3v) is 4.30. The van der Waals surface area contributed by atoms with Gasteiger partial charge in [0, 0.05) is 23.8 Å². The largest absolute Gasteiger partial charge is 0.322 e. The first kappa shape index (κ1) is 18.7. The lowest BCUT2D eigenvalue weighted by molar-refractivity contribution is 0.102. The second-order valence-corrected chi connectivity index (χ2v) is 6.29. The molecule has 5 heteroatoms. The molecular formula is C22H20F2N2O. The van der Waals surface area contributed by atoms with Crippen LogP contribution in [0.5, 0.6) is 0 Å². The molecule has 3 rings (SSSR count). The van der Waals surface area contributed by atoms with Crippen molar-refractivity contribution in [1.29, 1.82) is 0 Å². The van der Waals surface area contributed by atoms with E-state index in [4.69, 9.17) is 0 Å². The molecule has 138 valence electrons. The molecular weight excluding hydrogens is 346 g/mol. The third kappa shape index (κ3) is 4.99. The lowest BCUT2D eigenvalue weighted by Gasteiger charge is -2.15. The van der Waals surface area contributed by atoms with E-state index in [0.717, 1.165) is 17.3 Å². The van der Waals surface area contributed by atoms with E-state index in [1.165, 1.54) is 6.07 Å². The van der Waals surface area contributed by atoms with Gasteiger partial charge in [0.15, 0.2) is 11.6 Å². The number of rotatable bonds is 6. The molecule has 0 aliphatic rings. The summed E-state index contributed by atoms with van der Waals surface area (Å²) in [7, 11) is 0. The Hall–Kier alpha value is -3.05. The van der Waals surface area contributed by atoms with Crippen LogP contribution in [-0.2, 0) is 6.54 Å². The highest BCUT2D eigenvalue weighted by atomic mass is 19.2. The summed E-state index contributed by atoms with van der Waals surface area (Å²) in [5.41, 5.74) is 2.97. The van der Waals surface area contributed by atoms with Gasteiger partial charge in [-0.1, -0.05) is 36.4 Å². The molecule has 0 heterocycles. The van der Waals surface area contributed by atoms with Crippen LogP contribution in [0.2, 0.25) is 0 Å². The molecule has 3 aromatic rings. The molecule has 3 aromatic carbocycles. The average molecular weight is 366 g/mol. The number of halogens is 2. The first-order valence-electron chi connectivity index (χ1n) is 8.66. The molecule has 1 atom stereocenters. The lowest BCUT2D eigenvalue weighted by atomic mass is 10.1. The van der Waals surface area contributed by atoms with Crippen LogP contribution in [-0.4, -0.2) is 5.91 Å². The Labute approximate surface area is 157 Å². The Morgan fingerprint density at radius 2 is 1.63 bits per heavy atom. The SMILES string of the molecule is C[C@H](NCc1ccc(C(=O)Nc2ccccc2)cc1)c1ccc(F)c(F)c1. The normalized spacial score (nSPS) is 11.8. The molecule has 0 bridgehead atoms. The van der Waals surface area contributed by atoms with Gasteiger partial charge in [0.05, 0.1) is 0 Å². The number of para-hydroxylation sites is 1. The van der Waals surface area contributed by atoms with Crippen molar-refractivity contribution in [3.8, 4) is 0 Å². The van der Waals surface area contributed by atoms with Crippen molar-refractivity contribution in [2.24, 2.45) is 0 Å². The van der Waals surface area contributed by atoms with Gasteiger partial charge in [0.25, 0.3) is 5.91 Å². The van der Waals surface area contributed by atoms with Crippen molar-refractivity contribution in [1.82, 2.24) is 5.32 Å². The minimum atomic E-state index is -0.852. The molecule has 2 N–H and O–H groups in total. The lowest BCUT2D eigenvalue weighted by Crippen LogP contribution is -2.18. The maximum absolute atomic E-state index is 13.3. The molecule has 3 nitrogen and oxygen atoms in total. The molecule has 0 saturated carbocycles. The van der Waals surface area contributed by atoms with E-state index >= 15 is 0 Å². The maximum atomic E-state index is 13.3. The highest BCUT2D eigenvalue weighted by Gasteiger charge is 2.10. The van der Waals surface area contributed by atoms with E-state index in [-0.39, 0.29) is 11.9 Å². The molecule has 0 radical (unpaired) electrons. The number of amides is 1. The standard InChI is InChI=1S/C22H20F2N2O/c1-15(18-11-12-20(23)21(24)13-18)25-14-16-7-9-17(10-8-16)22(27)26-19-5-3-2-4-6-19/h2-13,15,25H,14H2,1H3,(H,26,27)/t15-/m0/s1. The summed E-state index contributed by atoms with van der Waals surface area (Å²) in [6.07, 6.45) is 0. The fraction of sp³-hybridized carbons (Fsp3) is 0.136. The van der Waals surface area contributed by atoms with Crippen LogP contribution in [0.3, 0.4) is 0 Å². The number of hydrogen-bond donors (Lipinski definition) is 2. The van der Waals surface area contributed by atoms with E-state index in [1.807, 2.05) is 49.4 Å². The number of carbonyl (C=O) groups is 1. The van der Waals surface area contributed by atoms with Crippen molar-refractivity contribution in [2.45, 2.75) is 19.5 Å². The zero-order valence-corrected chi connectivity index (χ0v) is 14.9. The number of hydrogen-bond acceptors (Lipinski definition) is 2. The van der Waals surface area contributed by atoms with Gasteiger partial charge in [-0.2, -0.15) is 0 Å². The third-order valence-electron chi connectivity index (χ3n) is 4.30. The Morgan fingerprint density at radius 1 is 0.926 bits per heavy atom. The molecule has 0 spiro atoms. The van der Waals surface area contributed by atoms with Crippen molar-refractivity contribution in [2.75, 3.05) is 5.32 Å². The van der Waals surface area contributed by atoms with Crippen LogP contribution in [0.4, 0.5) is 14.5 Å². The van der Waals surface area contributed by atoms with Gasteiger partial charge in [-0.15, -0.1) is 0 Å². The predicted molar refractivity (Wildman–Crippen MR) is 102 cm³/mol. The monoisotopic (exact) mass is 366 g/mol. The Balaban J connectivity index is 1.57. The van der Waals surface area contributed by atoms with Crippen LogP contribution in [0.1, 0.15) is 34.5 Å².